The van der Waals surface area contributed by atoms with E-state index in [-0.39, 0.29) is 11.9 Å². The van der Waals surface area contributed by atoms with E-state index < -0.39 is 0 Å². The van der Waals surface area contributed by atoms with Gasteiger partial charge in [-0.15, -0.1) is 0 Å². The number of amidine groups is 1. The quantitative estimate of drug-likeness (QED) is 0.429. The van der Waals surface area contributed by atoms with Crippen LogP contribution in [0.15, 0.2) is 22.0 Å². The first-order chi connectivity index (χ1) is 15.6. The number of hydrogen-bond acceptors (Lipinski definition) is 5. The molecule has 2 aliphatic carbocycles. The molecule has 1 heterocycles. The van der Waals surface area contributed by atoms with Gasteiger partial charge in [0.25, 0.3) is 5.91 Å². The molecule has 0 aromatic heterocycles. The Labute approximate surface area is 200 Å². The minimum atomic E-state index is 0.0707. The molecular formula is C25H33ClN2O3S. The summed E-state index contributed by atoms with van der Waals surface area (Å²) >= 11 is 7.96. The van der Waals surface area contributed by atoms with E-state index in [1.54, 1.807) is 7.11 Å². The summed E-state index contributed by atoms with van der Waals surface area (Å²) in [5, 5.41) is 1.37. The van der Waals surface area contributed by atoms with Crippen molar-refractivity contribution in [2.75, 3.05) is 13.7 Å². The summed E-state index contributed by atoms with van der Waals surface area (Å²) in [5.41, 5.74) is 0.831. The SMILES string of the molecule is CCOc1cc(C=C2SC(=NC3CCCCC3)N(C3CCCCC3)C2=O)cc(Cl)c1OC. The minimum Gasteiger partial charge on any atom is -0.491 e. The highest BCUT2D eigenvalue weighted by Crippen LogP contribution is 2.41. The third-order valence-electron chi connectivity index (χ3n) is 6.48. The Hall–Kier alpha value is -1.66. The normalized spacial score (nSPS) is 23.3. The molecule has 174 valence electrons. The van der Waals surface area contributed by atoms with E-state index in [1.807, 2.05) is 30.0 Å². The smallest absolute Gasteiger partial charge is 0.266 e. The van der Waals surface area contributed by atoms with Crippen LogP contribution in [0.4, 0.5) is 0 Å². The second-order valence-corrected chi connectivity index (χ2v) is 10.2. The Morgan fingerprint density at radius 3 is 2.47 bits per heavy atom. The molecule has 32 heavy (non-hydrogen) atoms. The van der Waals surface area contributed by atoms with Gasteiger partial charge >= 0.3 is 0 Å². The van der Waals surface area contributed by atoms with Crippen molar-refractivity contribution in [2.24, 2.45) is 4.99 Å². The monoisotopic (exact) mass is 476 g/mol. The second kappa shape index (κ2) is 11.0. The number of methoxy groups -OCH3 is 1. The zero-order chi connectivity index (χ0) is 22.5. The highest BCUT2D eigenvalue weighted by molar-refractivity contribution is 8.18. The molecule has 1 saturated heterocycles. The first-order valence-electron chi connectivity index (χ1n) is 11.9. The van der Waals surface area contributed by atoms with Crippen LogP contribution in [0.25, 0.3) is 6.08 Å². The predicted molar refractivity (Wildman–Crippen MR) is 133 cm³/mol. The van der Waals surface area contributed by atoms with Gasteiger partial charge in [0, 0.05) is 6.04 Å². The number of thioether (sulfide) groups is 1. The van der Waals surface area contributed by atoms with E-state index in [2.05, 4.69) is 0 Å². The molecule has 0 atom stereocenters. The number of benzene rings is 1. The van der Waals surface area contributed by atoms with Gasteiger partial charge in [0.05, 0.1) is 29.7 Å². The Bertz CT molecular complexity index is 889. The molecule has 1 aliphatic heterocycles. The van der Waals surface area contributed by atoms with Crippen LogP contribution in [-0.2, 0) is 4.79 Å². The first kappa shape index (κ1) is 23.5. The van der Waals surface area contributed by atoms with Crippen LogP contribution in [-0.4, -0.2) is 41.8 Å². The number of ether oxygens (including phenoxy) is 2. The van der Waals surface area contributed by atoms with Gasteiger partial charge < -0.3 is 9.47 Å². The number of rotatable bonds is 6. The molecule has 0 unspecified atom stereocenters. The number of carbonyl (C=O) groups excluding carboxylic acids is 1. The standard InChI is InChI=1S/C25H33ClN2O3S/c1-3-31-21-15-17(14-20(26)23(21)30-2)16-22-24(29)28(19-12-8-5-9-13-19)25(32-22)27-18-10-6-4-7-11-18/h14-16,18-19H,3-13H2,1-2H3. The average Bonchev–Trinajstić information content (AvgIpc) is 3.09. The fraction of sp³-hybridized carbons (Fsp3) is 0.600. The molecule has 1 aromatic carbocycles. The molecule has 2 saturated carbocycles. The number of nitrogens with zero attached hydrogens (tertiary/aromatic N) is 2. The zero-order valence-corrected chi connectivity index (χ0v) is 20.6. The van der Waals surface area contributed by atoms with E-state index >= 15 is 0 Å². The topological polar surface area (TPSA) is 51.1 Å². The highest BCUT2D eigenvalue weighted by atomic mass is 35.5. The zero-order valence-electron chi connectivity index (χ0n) is 19.1. The molecule has 1 aromatic rings. The Kier molecular flexibility index (Phi) is 8.06. The van der Waals surface area contributed by atoms with Crippen molar-refractivity contribution in [3.63, 3.8) is 0 Å². The number of carbonyl (C=O) groups is 1. The average molecular weight is 477 g/mol. The van der Waals surface area contributed by atoms with Gasteiger partial charge in [-0.3, -0.25) is 14.7 Å². The summed E-state index contributed by atoms with van der Waals surface area (Å²) < 4.78 is 11.1. The molecule has 0 N–H and O–H groups in total. The van der Waals surface area contributed by atoms with E-state index in [0.29, 0.717) is 34.1 Å². The number of aliphatic imine (C=N–C) groups is 1. The minimum absolute atomic E-state index is 0.0707. The van der Waals surface area contributed by atoms with E-state index in [4.69, 9.17) is 26.1 Å². The van der Waals surface area contributed by atoms with Gasteiger partial charge in [0.1, 0.15) is 0 Å². The number of amides is 1. The lowest BCUT2D eigenvalue weighted by Crippen LogP contribution is -2.41. The Balaban J connectivity index is 1.66. The van der Waals surface area contributed by atoms with E-state index in [1.165, 1.54) is 50.3 Å². The van der Waals surface area contributed by atoms with Crippen molar-refractivity contribution in [2.45, 2.75) is 83.2 Å². The van der Waals surface area contributed by atoms with Gasteiger partial charge in [-0.25, -0.2) is 0 Å². The molecule has 5 nitrogen and oxygen atoms in total. The molecule has 1 amide bonds. The fourth-order valence-corrected chi connectivity index (χ4v) is 6.29. The van der Waals surface area contributed by atoms with Gasteiger partial charge in [-0.05, 0) is 68.1 Å². The van der Waals surface area contributed by atoms with Gasteiger partial charge in [0.15, 0.2) is 16.7 Å². The van der Waals surface area contributed by atoms with E-state index in [9.17, 15) is 4.79 Å². The predicted octanol–water partition coefficient (Wildman–Crippen LogP) is 6.69. The van der Waals surface area contributed by atoms with E-state index in [0.717, 1.165) is 36.4 Å². The molecule has 0 bridgehead atoms. The summed E-state index contributed by atoms with van der Waals surface area (Å²) in [7, 11) is 1.58. The largest absolute Gasteiger partial charge is 0.491 e. The molecule has 0 radical (unpaired) electrons. The van der Waals surface area contributed by atoms with Gasteiger partial charge in [-0.1, -0.05) is 50.1 Å². The summed E-state index contributed by atoms with van der Waals surface area (Å²) in [5.74, 6) is 1.18. The second-order valence-electron chi connectivity index (χ2n) is 8.75. The van der Waals surface area contributed by atoms with Crippen LogP contribution < -0.4 is 9.47 Å². The van der Waals surface area contributed by atoms with Crippen molar-refractivity contribution < 1.29 is 14.3 Å². The maximum Gasteiger partial charge on any atom is 0.266 e. The number of hydrogen-bond donors (Lipinski definition) is 0. The third-order valence-corrected chi connectivity index (χ3v) is 7.76. The van der Waals surface area contributed by atoms with Crippen LogP contribution >= 0.6 is 23.4 Å². The van der Waals surface area contributed by atoms with Crippen molar-refractivity contribution in [3.8, 4) is 11.5 Å². The maximum atomic E-state index is 13.5. The Morgan fingerprint density at radius 1 is 1.12 bits per heavy atom. The van der Waals surface area contributed by atoms with Crippen LogP contribution in [0, 0.1) is 0 Å². The first-order valence-corrected chi connectivity index (χ1v) is 13.1. The lowest BCUT2D eigenvalue weighted by atomic mass is 9.94. The molecular weight excluding hydrogens is 444 g/mol. The highest BCUT2D eigenvalue weighted by Gasteiger charge is 2.39. The summed E-state index contributed by atoms with van der Waals surface area (Å²) in [6.07, 6.45) is 13.7. The van der Waals surface area contributed by atoms with Gasteiger partial charge in [-0.2, -0.15) is 0 Å². The summed E-state index contributed by atoms with van der Waals surface area (Å²) in [4.78, 5) is 21.3. The maximum absolute atomic E-state index is 13.5. The summed E-state index contributed by atoms with van der Waals surface area (Å²) in [6, 6.07) is 4.31. The fourth-order valence-electron chi connectivity index (χ4n) is 4.89. The van der Waals surface area contributed by atoms with Crippen molar-refractivity contribution in [1.29, 1.82) is 0 Å². The van der Waals surface area contributed by atoms with Crippen LogP contribution in [0.1, 0.15) is 76.7 Å². The van der Waals surface area contributed by atoms with Crippen molar-refractivity contribution in [1.82, 2.24) is 4.90 Å². The molecule has 3 fully saturated rings. The molecule has 7 heteroatoms. The van der Waals surface area contributed by atoms with Crippen LogP contribution in [0.3, 0.4) is 0 Å². The lowest BCUT2D eigenvalue weighted by molar-refractivity contribution is -0.124. The molecule has 3 aliphatic rings. The van der Waals surface area contributed by atoms with Gasteiger partial charge in [0.2, 0.25) is 0 Å². The number of halogens is 1. The van der Waals surface area contributed by atoms with Crippen LogP contribution in [0.2, 0.25) is 5.02 Å². The van der Waals surface area contributed by atoms with Crippen LogP contribution in [0.5, 0.6) is 11.5 Å². The van der Waals surface area contributed by atoms with Crippen molar-refractivity contribution in [3.05, 3.63) is 27.6 Å². The third kappa shape index (κ3) is 5.28. The summed E-state index contributed by atoms with van der Waals surface area (Å²) in [6.45, 7) is 2.43. The van der Waals surface area contributed by atoms with Crippen molar-refractivity contribution >= 4 is 40.5 Å². The lowest BCUT2D eigenvalue weighted by Gasteiger charge is -2.31. The molecule has 0 spiro atoms. The molecule has 4 rings (SSSR count). The Morgan fingerprint density at radius 2 is 1.81 bits per heavy atom.